The Bertz CT molecular complexity index is 1240. The van der Waals surface area contributed by atoms with Crippen LogP contribution in [0.2, 0.25) is 0 Å². The maximum Gasteiger partial charge on any atom is 0.418 e. The molecule has 158 valence electrons. The second-order valence-corrected chi connectivity index (χ2v) is 7.41. The first kappa shape index (κ1) is 20.9. The quantitative estimate of drug-likeness (QED) is 0.384. The van der Waals surface area contributed by atoms with Gasteiger partial charge < -0.3 is 10.1 Å². The van der Waals surface area contributed by atoms with E-state index in [1.807, 2.05) is 30.3 Å². The molecule has 0 saturated carbocycles. The van der Waals surface area contributed by atoms with Gasteiger partial charge in [0.2, 0.25) is 0 Å². The van der Waals surface area contributed by atoms with Crippen LogP contribution in [0, 0.1) is 0 Å². The van der Waals surface area contributed by atoms with E-state index in [-0.39, 0.29) is 11.4 Å². The van der Waals surface area contributed by atoms with Crippen LogP contribution < -0.4 is 10.1 Å². The van der Waals surface area contributed by atoms with Gasteiger partial charge in [-0.25, -0.2) is 4.68 Å². The number of halogens is 4. The summed E-state index contributed by atoms with van der Waals surface area (Å²) in [5.74, 6) is -0.295. The van der Waals surface area contributed by atoms with Crippen molar-refractivity contribution in [2.75, 3.05) is 11.9 Å². The monoisotopic (exact) mass is 489 g/mol. The molecule has 4 rings (SSSR count). The maximum atomic E-state index is 13.6. The minimum absolute atomic E-state index is 0.228. The molecule has 9 heteroatoms. The zero-order valence-electron chi connectivity index (χ0n) is 15.9. The summed E-state index contributed by atoms with van der Waals surface area (Å²) in [5.41, 5.74) is -1.10. The third-order valence-electron chi connectivity index (χ3n) is 4.54. The van der Waals surface area contributed by atoms with Crippen LogP contribution in [0.1, 0.15) is 5.56 Å². The highest BCUT2D eigenvalue weighted by Crippen LogP contribution is 2.36. The minimum atomic E-state index is -4.66. The lowest BCUT2D eigenvalue weighted by Crippen LogP contribution is -2.22. The number of aromatic nitrogens is 2. The second-order valence-electron chi connectivity index (χ2n) is 6.61. The van der Waals surface area contributed by atoms with Crippen LogP contribution in [0.5, 0.6) is 5.75 Å². The highest BCUT2D eigenvalue weighted by atomic mass is 79.9. The summed E-state index contributed by atoms with van der Waals surface area (Å²) in [6.07, 6.45) is -1.66. The van der Waals surface area contributed by atoms with Gasteiger partial charge in [0.05, 0.1) is 21.4 Å². The number of hydrogen-bond donors (Lipinski definition) is 1. The Kier molecular flexibility index (Phi) is 5.69. The lowest BCUT2D eigenvalue weighted by atomic mass is 10.1. The van der Waals surface area contributed by atoms with Crippen molar-refractivity contribution in [1.29, 1.82) is 0 Å². The van der Waals surface area contributed by atoms with E-state index in [2.05, 4.69) is 26.3 Å². The number of fused-ring (bicyclic) bond motifs is 1. The molecule has 1 amide bonds. The Labute approximate surface area is 183 Å². The molecule has 0 fully saturated rings. The zero-order valence-corrected chi connectivity index (χ0v) is 17.4. The molecule has 5 nitrogen and oxygen atoms in total. The Morgan fingerprint density at radius 3 is 2.65 bits per heavy atom. The largest absolute Gasteiger partial charge is 0.483 e. The van der Waals surface area contributed by atoms with Crippen LogP contribution in [0.15, 0.2) is 77.5 Å². The topological polar surface area (TPSA) is 56.1 Å². The average molecular weight is 490 g/mol. The van der Waals surface area contributed by atoms with E-state index in [9.17, 15) is 18.0 Å². The number of rotatable bonds is 5. The fourth-order valence-electron chi connectivity index (χ4n) is 3.09. The smallest absolute Gasteiger partial charge is 0.418 e. The van der Waals surface area contributed by atoms with Crippen LogP contribution in [0.25, 0.3) is 16.5 Å². The van der Waals surface area contributed by atoms with Gasteiger partial charge in [0.25, 0.3) is 5.91 Å². The van der Waals surface area contributed by atoms with Crippen molar-refractivity contribution >= 4 is 38.3 Å². The number of benzene rings is 3. The molecule has 0 aliphatic carbocycles. The number of carbonyl (C=O) groups is 1. The van der Waals surface area contributed by atoms with Crippen molar-refractivity contribution in [3.63, 3.8) is 0 Å². The molecule has 0 spiro atoms. The van der Waals surface area contributed by atoms with Gasteiger partial charge in [0.1, 0.15) is 5.75 Å². The average Bonchev–Trinajstić information content (AvgIpc) is 3.28. The Morgan fingerprint density at radius 2 is 1.90 bits per heavy atom. The molecule has 3 aromatic carbocycles. The SMILES string of the molecule is O=C(COc1ccc2ccccc2c1Br)Nc1ccc(-n2cccn2)cc1C(F)(F)F. The van der Waals surface area contributed by atoms with Gasteiger partial charge in [0, 0.05) is 12.4 Å². The molecule has 0 atom stereocenters. The molecule has 31 heavy (non-hydrogen) atoms. The second kappa shape index (κ2) is 8.43. The third kappa shape index (κ3) is 4.56. The highest BCUT2D eigenvalue weighted by molar-refractivity contribution is 9.10. The zero-order chi connectivity index (χ0) is 22.0. The van der Waals surface area contributed by atoms with Gasteiger partial charge >= 0.3 is 6.18 Å². The highest BCUT2D eigenvalue weighted by Gasteiger charge is 2.34. The first-order valence-electron chi connectivity index (χ1n) is 9.14. The van der Waals surface area contributed by atoms with Gasteiger partial charge in [-0.2, -0.15) is 18.3 Å². The fourth-order valence-corrected chi connectivity index (χ4v) is 3.70. The number of alkyl halides is 3. The van der Waals surface area contributed by atoms with Crippen molar-refractivity contribution in [3.05, 3.63) is 83.1 Å². The van der Waals surface area contributed by atoms with Gasteiger partial charge in [-0.15, -0.1) is 0 Å². The molecule has 0 bridgehead atoms. The summed E-state index contributed by atoms with van der Waals surface area (Å²) in [6, 6.07) is 16.3. The predicted octanol–water partition coefficient (Wildman–Crippen LogP) is 5.82. The van der Waals surface area contributed by atoms with Crippen molar-refractivity contribution < 1.29 is 22.7 Å². The van der Waals surface area contributed by atoms with Crippen LogP contribution in [-0.2, 0) is 11.0 Å². The number of anilines is 1. The minimum Gasteiger partial charge on any atom is -0.483 e. The molecule has 0 aliphatic heterocycles. The lowest BCUT2D eigenvalue weighted by Gasteiger charge is -2.16. The van der Waals surface area contributed by atoms with Gasteiger partial charge in [-0.05, 0) is 57.0 Å². The van der Waals surface area contributed by atoms with Crippen LogP contribution in [0.3, 0.4) is 0 Å². The van der Waals surface area contributed by atoms with Crippen LogP contribution >= 0.6 is 15.9 Å². The van der Waals surface area contributed by atoms with E-state index in [4.69, 9.17) is 4.74 Å². The summed E-state index contributed by atoms with van der Waals surface area (Å²) in [6.45, 7) is -0.449. The molecular formula is C22H15BrF3N3O2. The normalized spacial score (nSPS) is 11.5. The Morgan fingerprint density at radius 1 is 1.10 bits per heavy atom. The standard InChI is InChI=1S/C22H15BrF3N3O2/c23-21-16-5-2-1-4-14(16)6-9-19(21)31-13-20(30)28-18-8-7-15(29-11-3-10-27-29)12-17(18)22(24,25)26/h1-12H,13H2,(H,28,30). The molecule has 1 N–H and O–H groups in total. The molecule has 1 aromatic heterocycles. The van der Waals surface area contributed by atoms with Gasteiger partial charge in [0.15, 0.2) is 6.61 Å². The summed E-state index contributed by atoms with van der Waals surface area (Å²) in [7, 11) is 0. The molecule has 0 aliphatic rings. The molecule has 4 aromatic rings. The summed E-state index contributed by atoms with van der Waals surface area (Å²) in [5, 5.41) is 8.10. The van der Waals surface area contributed by atoms with E-state index < -0.39 is 24.3 Å². The molecule has 0 saturated heterocycles. The van der Waals surface area contributed by atoms with Crippen molar-refractivity contribution in [3.8, 4) is 11.4 Å². The van der Waals surface area contributed by atoms with Crippen molar-refractivity contribution in [2.45, 2.75) is 6.18 Å². The predicted molar refractivity (Wildman–Crippen MR) is 114 cm³/mol. The summed E-state index contributed by atoms with van der Waals surface area (Å²) >= 11 is 3.45. The first-order chi connectivity index (χ1) is 14.8. The van der Waals surface area contributed by atoms with Gasteiger partial charge in [-0.1, -0.05) is 30.3 Å². The number of hydrogen-bond acceptors (Lipinski definition) is 3. The fraction of sp³-hybridized carbons (Fsp3) is 0.0909. The maximum absolute atomic E-state index is 13.6. The van der Waals surface area contributed by atoms with Crippen LogP contribution in [-0.4, -0.2) is 22.3 Å². The van der Waals surface area contributed by atoms with E-state index >= 15 is 0 Å². The molecule has 0 unspecified atom stereocenters. The number of nitrogens with one attached hydrogen (secondary N) is 1. The Balaban J connectivity index is 1.51. The van der Waals surface area contributed by atoms with Gasteiger partial charge in [-0.3, -0.25) is 4.79 Å². The van der Waals surface area contributed by atoms with E-state index in [0.29, 0.717) is 10.2 Å². The van der Waals surface area contributed by atoms with Crippen molar-refractivity contribution in [2.24, 2.45) is 0 Å². The van der Waals surface area contributed by atoms with E-state index in [1.165, 1.54) is 29.2 Å². The molecular weight excluding hydrogens is 475 g/mol. The first-order valence-corrected chi connectivity index (χ1v) is 9.93. The summed E-state index contributed by atoms with van der Waals surface area (Å²) in [4.78, 5) is 12.3. The third-order valence-corrected chi connectivity index (χ3v) is 5.36. The van der Waals surface area contributed by atoms with E-state index in [1.54, 1.807) is 12.1 Å². The van der Waals surface area contributed by atoms with Crippen molar-refractivity contribution in [1.82, 2.24) is 9.78 Å². The van der Waals surface area contributed by atoms with E-state index in [0.717, 1.165) is 16.8 Å². The Hall–Kier alpha value is -3.33. The number of carbonyl (C=O) groups excluding carboxylic acids is 1. The lowest BCUT2D eigenvalue weighted by molar-refractivity contribution is -0.137. The molecule has 1 heterocycles. The number of amides is 1. The summed E-state index contributed by atoms with van der Waals surface area (Å²) < 4.78 is 48.2. The molecule has 0 radical (unpaired) electrons. The number of nitrogens with zero attached hydrogens (tertiary/aromatic N) is 2. The van der Waals surface area contributed by atoms with Crippen LogP contribution in [0.4, 0.5) is 18.9 Å². The number of ether oxygens (including phenoxy) is 1.